The Hall–Kier alpha value is -1.75. The van der Waals surface area contributed by atoms with Crippen molar-refractivity contribution in [1.82, 2.24) is 5.32 Å². The van der Waals surface area contributed by atoms with Crippen molar-refractivity contribution in [3.05, 3.63) is 23.8 Å². The van der Waals surface area contributed by atoms with Gasteiger partial charge in [0.2, 0.25) is 0 Å². The van der Waals surface area contributed by atoms with Crippen LogP contribution in [-0.2, 0) is 16.1 Å². The number of hydrogen-bond donors (Lipinski definition) is 1. The van der Waals surface area contributed by atoms with Crippen LogP contribution in [0.2, 0.25) is 0 Å². The maximum absolute atomic E-state index is 11.1. The lowest BCUT2D eigenvalue weighted by atomic mass is 10.2. The number of ether oxygens (including phenoxy) is 3. The molecule has 1 aromatic carbocycles. The summed E-state index contributed by atoms with van der Waals surface area (Å²) in [6.45, 7) is 3.75. The van der Waals surface area contributed by atoms with Crippen LogP contribution in [0, 0.1) is 0 Å². The van der Waals surface area contributed by atoms with Crippen LogP contribution >= 0.6 is 0 Å². The Morgan fingerprint density at radius 3 is 2.60 bits per heavy atom. The number of esters is 1. The molecule has 0 aromatic heterocycles. The molecule has 0 heterocycles. The molecular weight excluding hydrogens is 258 g/mol. The standard InChI is InChI=1S/C15H23NO4/c1-4-20-15(17)6-5-9-16-11-12-7-8-13(18-2)14(10-12)19-3/h7-8,10,16H,4-6,9,11H2,1-3H3. The van der Waals surface area contributed by atoms with Crippen molar-refractivity contribution in [1.29, 1.82) is 0 Å². The fourth-order valence-electron chi connectivity index (χ4n) is 1.81. The normalized spacial score (nSPS) is 10.2. The van der Waals surface area contributed by atoms with Crippen molar-refractivity contribution in [2.24, 2.45) is 0 Å². The number of carbonyl (C=O) groups excluding carboxylic acids is 1. The SMILES string of the molecule is CCOC(=O)CCCNCc1ccc(OC)c(OC)c1. The van der Waals surface area contributed by atoms with E-state index in [0.29, 0.717) is 13.0 Å². The molecule has 1 rings (SSSR count). The fourth-order valence-corrected chi connectivity index (χ4v) is 1.81. The molecule has 20 heavy (non-hydrogen) atoms. The molecule has 0 aliphatic carbocycles. The minimum Gasteiger partial charge on any atom is -0.493 e. The number of rotatable bonds is 9. The molecule has 0 unspecified atom stereocenters. The lowest BCUT2D eigenvalue weighted by Gasteiger charge is -2.10. The lowest BCUT2D eigenvalue weighted by Crippen LogP contribution is -2.16. The highest BCUT2D eigenvalue weighted by atomic mass is 16.5. The van der Waals surface area contributed by atoms with Gasteiger partial charge < -0.3 is 19.5 Å². The summed E-state index contributed by atoms with van der Waals surface area (Å²) in [5.74, 6) is 1.30. The molecule has 0 amide bonds. The zero-order chi connectivity index (χ0) is 14.8. The predicted octanol–water partition coefficient (Wildman–Crippen LogP) is 2.14. The van der Waals surface area contributed by atoms with Gasteiger partial charge in [-0.15, -0.1) is 0 Å². The van der Waals surface area contributed by atoms with Crippen molar-refractivity contribution in [2.45, 2.75) is 26.3 Å². The smallest absolute Gasteiger partial charge is 0.305 e. The Labute approximate surface area is 120 Å². The van der Waals surface area contributed by atoms with Gasteiger partial charge in [0, 0.05) is 13.0 Å². The van der Waals surface area contributed by atoms with E-state index in [1.165, 1.54) is 0 Å². The molecule has 1 N–H and O–H groups in total. The first kappa shape index (κ1) is 16.3. The monoisotopic (exact) mass is 281 g/mol. The van der Waals surface area contributed by atoms with Gasteiger partial charge in [0.1, 0.15) is 0 Å². The zero-order valence-corrected chi connectivity index (χ0v) is 12.4. The molecule has 0 aliphatic heterocycles. The average Bonchev–Trinajstić information content (AvgIpc) is 2.47. The van der Waals surface area contributed by atoms with Crippen LogP contribution in [0.5, 0.6) is 11.5 Å². The highest BCUT2D eigenvalue weighted by Crippen LogP contribution is 2.27. The third-order valence-corrected chi connectivity index (χ3v) is 2.82. The topological polar surface area (TPSA) is 56.8 Å². The molecule has 112 valence electrons. The minimum absolute atomic E-state index is 0.139. The van der Waals surface area contributed by atoms with Crippen molar-refractivity contribution >= 4 is 5.97 Å². The summed E-state index contributed by atoms with van der Waals surface area (Å²) < 4.78 is 15.3. The second kappa shape index (κ2) is 9.20. The van der Waals surface area contributed by atoms with E-state index >= 15 is 0 Å². The maximum atomic E-state index is 11.1. The molecule has 0 spiro atoms. The lowest BCUT2D eigenvalue weighted by molar-refractivity contribution is -0.143. The summed E-state index contributed by atoms with van der Waals surface area (Å²) in [7, 11) is 3.24. The molecule has 1 aromatic rings. The van der Waals surface area contributed by atoms with Crippen LogP contribution in [-0.4, -0.2) is 33.3 Å². The van der Waals surface area contributed by atoms with Crippen molar-refractivity contribution in [3.63, 3.8) is 0 Å². The number of methoxy groups -OCH3 is 2. The van der Waals surface area contributed by atoms with Gasteiger partial charge in [0.05, 0.1) is 20.8 Å². The van der Waals surface area contributed by atoms with E-state index in [-0.39, 0.29) is 5.97 Å². The van der Waals surface area contributed by atoms with E-state index in [1.807, 2.05) is 25.1 Å². The molecule has 5 nitrogen and oxygen atoms in total. The second-order valence-electron chi connectivity index (χ2n) is 4.27. The Morgan fingerprint density at radius 1 is 1.20 bits per heavy atom. The molecule has 0 bridgehead atoms. The van der Waals surface area contributed by atoms with Gasteiger partial charge in [0.25, 0.3) is 0 Å². The molecule has 0 radical (unpaired) electrons. The Bertz CT molecular complexity index is 420. The van der Waals surface area contributed by atoms with E-state index in [0.717, 1.165) is 36.6 Å². The van der Waals surface area contributed by atoms with E-state index in [1.54, 1.807) is 14.2 Å². The minimum atomic E-state index is -0.139. The van der Waals surface area contributed by atoms with Crippen LogP contribution in [0.4, 0.5) is 0 Å². The third-order valence-electron chi connectivity index (χ3n) is 2.82. The highest BCUT2D eigenvalue weighted by Gasteiger charge is 2.04. The molecular formula is C15H23NO4. The first-order valence-corrected chi connectivity index (χ1v) is 6.78. The number of hydrogen-bond acceptors (Lipinski definition) is 5. The van der Waals surface area contributed by atoms with E-state index < -0.39 is 0 Å². The maximum Gasteiger partial charge on any atom is 0.305 e. The van der Waals surface area contributed by atoms with Crippen LogP contribution in [0.15, 0.2) is 18.2 Å². The van der Waals surface area contributed by atoms with Gasteiger partial charge in [0.15, 0.2) is 11.5 Å². The van der Waals surface area contributed by atoms with Gasteiger partial charge in [-0.2, -0.15) is 0 Å². The third kappa shape index (κ3) is 5.48. The van der Waals surface area contributed by atoms with Crippen LogP contribution in [0.1, 0.15) is 25.3 Å². The first-order chi connectivity index (χ1) is 9.71. The Kier molecular flexibility index (Phi) is 7.50. The van der Waals surface area contributed by atoms with Crippen molar-refractivity contribution in [3.8, 4) is 11.5 Å². The van der Waals surface area contributed by atoms with Crippen molar-refractivity contribution in [2.75, 3.05) is 27.4 Å². The largest absolute Gasteiger partial charge is 0.493 e. The van der Waals surface area contributed by atoms with E-state index in [2.05, 4.69) is 5.32 Å². The van der Waals surface area contributed by atoms with E-state index in [4.69, 9.17) is 14.2 Å². The molecule has 0 saturated carbocycles. The van der Waals surface area contributed by atoms with Gasteiger partial charge in [-0.1, -0.05) is 6.07 Å². The molecule has 0 atom stereocenters. The van der Waals surface area contributed by atoms with Crippen LogP contribution < -0.4 is 14.8 Å². The Balaban J connectivity index is 2.30. The summed E-state index contributed by atoms with van der Waals surface area (Å²) in [5.41, 5.74) is 1.11. The van der Waals surface area contributed by atoms with Crippen LogP contribution in [0.3, 0.4) is 0 Å². The van der Waals surface area contributed by atoms with Gasteiger partial charge in [-0.05, 0) is 37.6 Å². The Morgan fingerprint density at radius 2 is 1.95 bits per heavy atom. The molecule has 0 saturated heterocycles. The number of nitrogens with one attached hydrogen (secondary N) is 1. The quantitative estimate of drug-likeness (QED) is 0.555. The summed E-state index contributed by atoms with van der Waals surface area (Å²) >= 11 is 0. The zero-order valence-electron chi connectivity index (χ0n) is 12.4. The summed E-state index contributed by atoms with van der Waals surface area (Å²) in [4.78, 5) is 11.1. The van der Waals surface area contributed by atoms with Gasteiger partial charge in [-0.25, -0.2) is 0 Å². The summed E-state index contributed by atoms with van der Waals surface area (Å²) in [6, 6.07) is 5.81. The fraction of sp³-hybridized carbons (Fsp3) is 0.533. The van der Waals surface area contributed by atoms with E-state index in [9.17, 15) is 4.79 Å². The number of carbonyl (C=O) groups is 1. The highest BCUT2D eigenvalue weighted by molar-refractivity contribution is 5.69. The first-order valence-electron chi connectivity index (χ1n) is 6.78. The summed E-state index contributed by atoms with van der Waals surface area (Å²) in [5, 5.41) is 3.28. The number of benzene rings is 1. The van der Waals surface area contributed by atoms with Gasteiger partial charge in [-0.3, -0.25) is 4.79 Å². The predicted molar refractivity (Wildman–Crippen MR) is 77.1 cm³/mol. The van der Waals surface area contributed by atoms with Crippen molar-refractivity contribution < 1.29 is 19.0 Å². The summed E-state index contributed by atoms with van der Waals surface area (Å²) in [6.07, 6.45) is 1.22. The second-order valence-corrected chi connectivity index (χ2v) is 4.27. The molecule has 5 heteroatoms. The van der Waals surface area contributed by atoms with Gasteiger partial charge >= 0.3 is 5.97 Å². The average molecular weight is 281 g/mol. The molecule has 0 aliphatic rings. The van der Waals surface area contributed by atoms with Crippen LogP contribution in [0.25, 0.3) is 0 Å². The molecule has 0 fully saturated rings.